The molecule has 3 aromatic rings. The Labute approximate surface area is 222 Å². The number of methoxy groups -OCH3 is 1. The average Bonchev–Trinajstić information content (AvgIpc) is 3.53. The number of aromatic nitrogens is 4. The van der Waals surface area contributed by atoms with Crippen molar-refractivity contribution in [2.24, 2.45) is 0 Å². The van der Waals surface area contributed by atoms with Gasteiger partial charge >= 0.3 is 6.01 Å². The van der Waals surface area contributed by atoms with Gasteiger partial charge < -0.3 is 14.4 Å². The predicted octanol–water partition coefficient (Wildman–Crippen LogP) is 2.94. The number of fused-ring (bicyclic) bond motifs is 2. The highest BCUT2D eigenvalue weighted by atomic mass is 19.1. The monoisotopic (exact) mass is 521 g/mol. The molecule has 7 rings (SSSR count). The maximum Gasteiger partial charge on any atom is 0.320 e. The number of hydrogen-bond donors (Lipinski definition) is 0. The molecule has 0 N–H and O–H groups in total. The third-order valence-corrected chi connectivity index (χ3v) is 9.05. The number of alkyl halides is 1. The third-order valence-electron chi connectivity index (χ3n) is 9.05. The first kappa shape index (κ1) is 24.2. The summed E-state index contributed by atoms with van der Waals surface area (Å²) in [5.41, 5.74) is 3.11. The largest absolute Gasteiger partial charge is 0.467 e. The number of halogens is 1. The molecule has 0 amide bonds. The number of benzene rings is 1. The smallest absolute Gasteiger partial charge is 0.320 e. The molecular weight excluding hydrogens is 485 g/mol. The van der Waals surface area contributed by atoms with Crippen LogP contribution in [0.5, 0.6) is 6.01 Å². The molecule has 6 heterocycles. The van der Waals surface area contributed by atoms with Crippen molar-refractivity contribution in [1.29, 1.82) is 0 Å². The van der Waals surface area contributed by atoms with Gasteiger partial charge in [0, 0.05) is 49.6 Å². The van der Waals surface area contributed by atoms with Gasteiger partial charge in [0.15, 0.2) is 5.82 Å². The fraction of sp³-hybridized carbons (Fsp3) is 0.607. The topological polar surface area (TPSA) is 71.8 Å². The van der Waals surface area contributed by atoms with Gasteiger partial charge in [0.05, 0.1) is 38.1 Å². The Morgan fingerprint density at radius 3 is 2.61 bits per heavy atom. The minimum atomic E-state index is -0.906. The van der Waals surface area contributed by atoms with Crippen molar-refractivity contribution < 1.29 is 13.9 Å². The Kier molecular flexibility index (Phi) is 6.21. The van der Waals surface area contributed by atoms with Crippen molar-refractivity contribution in [3.63, 3.8) is 0 Å². The summed E-state index contributed by atoms with van der Waals surface area (Å²) in [6.07, 6.45) is 4.27. The molecule has 3 atom stereocenters. The van der Waals surface area contributed by atoms with Gasteiger partial charge in [-0.15, -0.1) is 0 Å². The van der Waals surface area contributed by atoms with E-state index in [1.807, 2.05) is 16.9 Å². The van der Waals surface area contributed by atoms with Gasteiger partial charge in [0.25, 0.3) is 0 Å². The predicted molar refractivity (Wildman–Crippen MR) is 143 cm³/mol. The van der Waals surface area contributed by atoms with E-state index in [1.165, 1.54) is 19.4 Å². The molecular formula is C28H36FN7O2. The quantitative estimate of drug-likeness (QED) is 0.508. The molecule has 10 heteroatoms. The second kappa shape index (κ2) is 9.73. The molecule has 0 radical (unpaired) electrons. The van der Waals surface area contributed by atoms with Gasteiger partial charge in [-0.1, -0.05) is 0 Å². The molecule has 0 bridgehead atoms. The lowest BCUT2D eigenvalue weighted by Gasteiger charge is -2.43. The first-order chi connectivity index (χ1) is 18.6. The Hall–Kier alpha value is -2.82. The number of nitrogens with zero attached hydrogens (tertiary/aromatic N) is 7. The maximum atomic E-state index is 15.5. The Morgan fingerprint density at radius 1 is 0.947 bits per heavy atom. The molecule has 0 saturated carbocycles. The van der Waals surface area contributed by atoms with Crippen LogP contribution in [0.2, 0.25) is 0 Å². The van der Waals surface area contributed by atoms with Crippen molar-refractivity contribution in [2.45, 2.75) is 50.4 Å². The molecule has 0 aliphatic carbocycles. The molecule has 3 unspecified atom stereocenters. The van der Waals surface area contributed by atoms with Crippen LogP contribution in [0.1, 0.15) is 36.3 Å². The second-order valence-electron chi connectivity index (χ2n) is 11.3. The van der Waals surface area contributed by atoms with Crippen molar-refractivity contribution in [3.8, 4) is 11.8 Å². The SMILES string of the molecule is COc1nc(N2CCN3CCCC3C2)cc(-n2ncc3cc(C)c(C4CCN(C5COC5)CC4F)cc32)n1. The molecule has 202 valence electrons. The van der Waals surface area contributed by atoms with Gasteiger partial charge in [0.2, 0.25) is 0 Å². The summed E-state index contributed by atoms with van der Waals surface area (Å²) >= 11 is 0. The highest BCUT2D eigenvalue weighted by molar-refractivity contribution is 5.82. The Bertz CT molecular complexity index is 1330. The summed E-state index contributed by atoms with van der Waals surface area (Å²) < 4.78 is 28.2. The number of likely N-dealkylation sites (tertiary alicyclic amines) is 1. The van der Waals surface area contributed by atoms with E-state index in [9.17, 15) is 0 Å². The van der Waals surface area contributed by atoms with Crippen molar-refractivity contribution in [3.05, 3.63) is 35.5 Å². The van der Waals surface area contributed by atoms with Gasteiger partial charge in [-0.25, -0.2) is 9.07 Å². The molecule has 4 aliphatic rings. The minimum Gasteiger partial charge on any atom is -0.467 e. The second-order valence-corrected chi connectivity index (χ2v) is 11.3. The van der Waals surface area contributed by atoms with Crippen LogP contribution in [-0.2, 0) is 4.74 Å². The number of rotatable bonds is 5. The number of aryl methyl sites for hydroxylation is 1. The van der Waals surface area contributed by atoms with Gasteiger partial charge in [-0.2, -0.15) is 15.1 Å². The molecule has 38 heavy (non-hydrogen) atoms. The minimum absolute atomic E-state index is 0.127. The van der Waals surface area contributed by atoms with Crippen LogP contribution < -0.4 is 9.64 Å². The number of piperidine rings is 1. The van der Waals surface area contributed by atoms with Crippen LogP contribution in [0.25, 0.3) is 16.7 Å². The van der Waals surface area contributed by atoms with E-state index in [0.29, 0.717) is 30.5 Å². The first-order valence-corrected chi connectivity index (χ1v) is 13.9. The van der Waals surface area contributed by atoms with Crippen LogP contribution in [0, 0.1) is 6.92 Å². The van der Waals surface area contributed by atoms with Gasteiger partial charge in [0.1, 0.15) is 12.0 Å². The fourth-order valence-electron chi connectivity index (χ4n) is 6.79. The number of anilines is 1. The summed E-state index contributed by atoms with van der Waals surface area (Å²) in [5.74, 6) is 1.41. The molecule has 1 aromatic carbocycles. The van der Waals surface area contributed by atoms with Crippen LogP contribution in [0.4, 0.5) is 10.2 Å². The van der Waals surface area contributed by atoms with E-state index in [1.54, 1.807) is 7.11 Å². The molecule has 0 spiro atoms. The lowest BCUT2D eigenvalue weighted by atomic mass is 9.84. The van der Waals surface area contributed by atoms with Crippen molar-refractivity contribution >= 4 is 16.7 Å². The zero-order chi connectivity index (χ0) is 25.8. The zero-order valence-electron chi connectivity index (χ0n) is 22.2. The Morgan fingerprint density at radius 2 is 1.82 bits per heavy atom. The fourth-order valence-corrected chi connectivity index (χ4v) is 6.79. The van der Waals surface area contributed by atoms with Crippen molar-refractivity contribution in [2.75, 3.05) is 64.5 Å². The normalized spacial score (nSPS) is 27.0. The average molecular weight is 522 g/mol. The number of piperazine rings is 1. The first-order valence-electron chi connectivity index (χ1n) is 13.9. The molecule has 4 fully saturated rings. The van der Waals surface area contributed by atoms with Crippen molar-refractivity contribution in [1.82, 2.24) is 29.5 Å². The van der Waals surface area contributed by atoms with E-state index < -0.39 is 6.17 Å². The summed E-state index contributed by atoms with van der Waals surface area (Å²) in [7, 11) is 1.60. The van der Waals surface area contributed by atoms with Crippen LogP contribution in [0.3, 0.4) is 0 Å². The number of hydrogen-bond acceptors (Lipinski definition) is 8. The van der Waals surface area contributed by atoms with Crippen LogP contribution >= 0.6 is 0 Å². The lowest BCUT2D eigenvalue weighted by Crippen LogP contribution is -2.54. The highest BCUT2D eigenvalue weighted by Gasteiger charge is 2.37. The number of ether oxygens (including phenoxy) is 2. The van der Waals surface area contributed by atoms with E-state index in [4.69, 9.17) is 19.6 Å². The van der Waals surface area contributed by atoms with Crippen LogP contribution in [-0.4, -0.2) is 107 Å². The zero-order valence-corrected chi connectivity index (χ0v) is 22.2. The van der Waals surface area contributed by atoms with E-state index in [-0.39, 0.29) is 5.92 Å². The Balaban J connectivity index is 1.21. The van der Waals surface area contributed by atoms with E-state index in [0.717, 1.165) is 73.7 Å². The summed E-state index contributed by atoms with van der Waals surface area (Å²) in [6, 6.07) is 7.56. The lowest BCUT2D eigenvalue weighted by molar-refractivity contribution is -0.0807. The summed E-state index contributed by atoms with van der Waals surface area (Å²) in [6.45, 7) is 9.05. The third kappa shape index (κ3) is 4.23. The molecule has 4 saturated heterocycles. The maximum absolute atomic E-state index is 15.5. The highest BCUT2D eigenvalue weighted by Crippen LogP contribution is 2.36. The van der Waals surface area contributed by atoms with Gasteiger partial charge in [-0.05, 0) is 62.5 Å². The van der Waals surface area contributed by atoms with Crippen LogP contribution in [0.15, 0.2) is 24.4 Å². The summed E-state index contributed by atoms with van der Waals surface area (Å²) in [5, 5.41) is 5.73. The molecule has 2 aromatic heterocycles. The molecule has 9 nitrogen and oxygen atoms in total. The molecule has 4 aliphatic heterocycles. The van der Waals surface area contributed by atoms with Gasteiger partial charge in [-0.3, -0.25) is 9.80 Å². The van der Waals surface area contributed by atoms with E-state index in [2.05, 4.69) is 38.7 Å². The summed E-state index contributed by atoms with van der Waals surface area (Å²) in [4.78, 5) is 16.5. The van der Waals surface area contributed by atoms with E-state index >= 15 is 4.39 Å². The standard InChI is InChI=1S/C28H36FN7O2/c1-18-10-19-13-30-36(25(19)11-23(18)22-5-7-34(15-24(22)29)21-16-38-17-21)27-12-26(31-28(32-27)37-2)35-9-8-33-6-3-4-20(33)14-35/h10-13,20-22,24H,3-9,14-17H2,1-2H3.